The monoisotopic (exact) mass is 324 g/mol. The molecule has 0 fully saturated rings. The summed E-state index contributed by atoms with van der Waals surface area (Å²) in [7, 11) is 0. The third-order valence-electron chi connectivity index (χ3n) is 2.99. The molecule has 0 aromatic heterocycles. The summed E-state index contributed by atoms with van der Waals surface area (Å²) in [6.45, 7) is 2.01. The molecular formula is C15H13ClO6. The second-order valence-electron chi connectivity index (χ2n) is 4.61. The first-order valence-electron chi connectivity index (χ1n) is 6.45. The molecule has 0 spiro atoms. The van der Waals surface area contributed by atoms with Crippen molar-refractivity contribution in [1.29, 1.82) is 0 Å². The number of phenolic OH excluding ortho intramolecular Hbond substituents is 2. The van der Waals surface area contributed by atoms with Crippen LogP contribution in [-0.4, -0.2) is 27.9 Å². The quantitative estimate of drug-likeness (QED) is 0.592. The lowest BCUT2D eigenvalue weighted by Gasteiger charge is -2.03. The number of aromatic hydroxyl groups is 3. The number of benzene rings is 1. The number of phenols is 2. The number of esters is 1. The Balaban J connectivity index is 2.80. The summed E-state index contributed by atoms with van der Waals surface area (Å²) in [5.41, 5.74) is -1.01. The molecule has 0 bridgehead atoms. The van der Waals surface area contributed by atoms with Crippen molar-refractivity contribution in [1.82, 2.24) is 0 Å². The highest BCUT2D eigenvalue weighted by Gasteiger charge is 2.17. The van der Waals surface area contributed by atoms with E-state index in [4.69, 9.17) is 16.3 Å². The lowest BCUT2D eigenvalue weighted by atomic mass is 10.1. The topological polar surface area (TPSA) is 104 Å². The van der Waals surface area contributed by atoms with Crippen LogP contribution in [0.5, 0.6) is 17.2 Å². The van der Waals surface area contributed by atoms with E-state index in [0.717, 1.165) is 6.07 Å². The van der Waals surface area contributed by atoms with E-state index in [2.05, 4.69) is 0 Å². The van der Waals surface area contributed by atoms with Gasteiger partial charge in [-0.15, -0.1) is 0 Å². The first-order valence-corrected chi connectivity index (χ1v) is 6.83. The Morgan fingerprint density at radius 1 is 1.18 bits per heavy atom. The van der Waals surface area contributed by atoms with E-state index >= 15 is 0 Å². The zero-order valence-corrected chi connectivity index (χ0v) is 12.3. The molecule has 0 amide bonds. The van der Waals surface area contributed by atoms with E-state index in [9.17, 15) is 24.9 Å². The minimum Gasteiger partial charge on any atom is -0.504 e. The summed E-state index contributed by atoms with van der Waals surface area (Å²) >= 11 is 5.75. The van der Waals surface area contributed by atoms with Gasteiger partial charge in [-0.2, -0.15) is 0 Å². The third kappa shape index (κ3) is 2.78. The van der Waals surface area contributed by atoms with Crippen molar-refractivity contribution in [3.63, 3.8) is 0 Å². The zero-order valence-electron chi connectivity index (χ0n) is 11.6. The minimum atomic E-state index is -0.936. The lowest BCUT2D eigenvalue weighted by molar-refractivity contribution is 0.0505. The van der Waals surface area contributed by atoms with Gasteiger partial charge in [-0.05, 0) is 30.0 Å². The average Bonchev–Trinajstić information content (AvgIpc) is 2.60. The van der Waals surface area contributed by atoms with Gasteiger partial charge in [-0.25, -0.2) is 4.79 Å². The van der Waals surface area contributed by atoms with Gasteiger partial charge >= 0.3 is 5.97 Å². The van der Waals surface area contributed by atoms with E-state index in [0.29, 0.717) is 6.42 Å². The fourth-order valence-electron chi connectivity index (χ4n) is 1.94. The predicted molar refractivity (Wildman–Crippen MR) is 80.8 cm³/mol. The van der Waals surface area contributed by atoms with Crippen molar-refractivity contribution >= 4 is 28.3 Å². The molecule has 22 heavy (non-hydrogen) atoms. The molecule has 0 aliphatic heterocycles. The molecule has 116 valence electrons. The maximum Gasteiger partial charge on any atom is 0.338 e. The van der Waals surface area contributed by atoms with Crippen LogP contribution in [0.25, 0.3) is 10.8 Å². The highest BCUT2D eigenvalue weighted by Crippen LogP contribution is 2.38. The van der Waals surface area contributed by atoms with Gasteiger partial charge in [0.05, 0.1) is 22.6 Å². The Labute approximate surface area is 130 Å². The number of carbonyl (C=O) groups is 1. The molecule has 6 nitrogen and oxygen atoms in total. The van der Waals surface area contributed by atoms with Crippen molar-refractivity contribution in [2.75, 3.05) is 6.61 Å². The molecule has 0 atom stereocenters. The summed E-state index contributed by atoms with van der Waals surface area (Å²) in [5.74, 6) is -2.91. The maximum atomic E-state index is 12.1. The molecule has 2 aromatic carbocycles. The van der Waals surface area contributed by atoms with Gasteiger partial charge in [-0.3, -0.25) is 4.79 Å². The molecule has 0 radical (unpaired) electrons. The smallest absolute Gasteiger partial charge is 0.338 e. The van der Waals surface area contributed by atoms with Crippen LogP contribution in [0.1, 0.15) is 23.7 Å². The molecule has 3 N–H and O–H groups in total. The van der Waals surface area contributed by atoms with Gasteiger partial charge in [-0.1, -0.05) is 18.5 Å². The standard InChI is InChI=1S/C15H13ClO6/c1-2-3-22-15(21)8-4-7-5-9(16)12(18)14(20)11(7)13(19)10(17)6-8/h4-6,18,20H,2-3H2,1H3,(H,17,19). The van der Waals surface area contributed by atoms with Gasteiger partial charge in [0.2, 0.25) is 5.43 Å². The number of carbonyl (C=O) groups excluding carboxylic acids is 1. The normalized spacial score (nSPS) is 10.6. The molecule has 0 aliphatic rings. The molecule has 2 rings (SSSR count). The largest absolute Gasteiger partial charge is 0.504 e. The average molecular weight is 325 g/mol. The lowest BCUT2D eigenvalue weighted by Crippen LogP contribution is -2.05. The van der Waals surface area contributed by atoms with Gasteiger partial charge in [0.1, 0.15) is 0 Å². The van der Waals surface area contributed by atoms with Crippen molar-refractivity contribution < 1.29 is 24.9 Å². The number of rotatable bonds is 3. The third-order valence-corrected chi connectivity index (χ3v) is 3.28. The van der Waals surface area contributed by atoms with Gasteiger partial charge in [0.15, 0.2) is 17.2 Å². The number of fused-ring (bicyclic) bond motifs is 1. The zero-order chi connectivity index (χ0) is 16.4. The molecule has 0 saturated carbocycles. The second-order valence-corrected chi connectivity index (χ2v) is 5.02. The first kappa shape index (κ1) is 15.9. The molecule has 0 unspecified atom stereocenters. The van der Waals surface area contributed by atoms with E-state index in [-0.39, 0.29) is 28.0 Å². The minimum absolute atomic E-state index is 0.0702. The number of hydrogen-bond acceptors (Lipinski definition) is 6. The highest BCUT2D eigenvalue weighted by molar-refractivity contribution is 6.33. The summed E-state index contributed by atoms with van der Waals surface area (Å²) in [6.07, 6.45) is 0.616. The van der Waals surface area contributed by atoms with Crippen molar-refractivity contribution in [3.8, 4) is 17.2 Å². The van der Waals surface area contributed by atoms with Crippen molar-refractivity contribution in [2.45, 2.75) is 13.3 Å². The predicted octanol–water partition coefficient (Wildman–Crippen LogP) is 2.54. The Morgan fingerprint density at radius 3 is 2.50 bits per heavy atom. The van der Waals surface area contributed by atoms with Crippen LogP contribution >= 0.6 is 11.6 Å². The summed E-state index contributed by atoms with van der Waals surface area (Å²) in [6, 6.07) is 3.41. The Kier molecular flexibility index (Phi) is 4.42. The Bertz CT molecular complexity index is 815. The van der Waals surface area contributed by atoms with Crippen LogP contribution in [0.2, 0.25) is 5.02 Å². The SMILES string of the molecule is CCCOC(=O)c1cc(O)c(=O)c2c(O)c(O)c(Cl)cc2c1. The summed E-state index contributed by atoms with van der Waals surface area (Å²) in [4.78, 5) is 24.0. The fourth-order valence-corrected chi connectivity index (χ4v) is 2.15. The van der Waals surface area contributed by atoms with Crippen LogP contribution in [0.15, 0.2) is 23.0 Å². The van der Waals surface area contributed by atoms with Crippen molar-refractivity contribution in [2.24, 2.45) is 0 Å². The summed E-state index contributed by atoms with van der Waals surface area (Å²) < 4.78 is 4.95. The number of ether oxygens (including phenoxy) is 1. The van der Waals surface area contributed by atoms with E-state index in [1.807, 2.05) is 6.92 Å². The molecule has 0 saturated heterocycles. The van der Waals surface area contributed by atoms with Crippen LogP contribution in [-0.2, 0) is 4.74 Å². The highest BCUT2D eigenvalue weighted by atomic mass is 35.5. The van der Waals surface area contributed by atoms with Gasteiger partial charge in [0.25, 0.3) is 0 Å². The van der Waals surface area contributed by atoms with Crippen LogP contribution in [0, 0.1) is 0 Å². The molecule has 0 aliphatic carbocycles. The molecular weight excluding hydrogens is 312 g/mol. The molecule has 2 aromatic rings. The molecule has 7 heteroatoms. The van der Waals surface area contributed by atoms with E-state index < -0.39 is 28.6 Å². The van der Waals surface area contributed by atoms with E-state index in [1.54, 1.807) is 0 Å². The van der Waals surface area contributed by atoms with Gasteiger partial charge in [0, 0.05) is 0 Å². The Morgan fingerprint density at radius 2 is 1.86 bits per heavy atom. The summed E-state index contributed by atoms with van der Waals surface area (Å²) in [5, 5.41) is 28.8. The van der Waals surface area contributed by atoms with E-state index in [1.165, 1.54) is 12.1 Å². The van der Waals surface area contributed by atoms with Crippen molar-refractivity contribution in [3.05, 3.63) is 39.0 Å². The van der Waals surface area contributed by atoms with Crippen LogP contribution in [0.3, 0.4) is 0 Å². The molecule has 0 heterocycles. The maximum absolute atomic E-state index is 12.1. The first-order chi connectivity index (χ1) is 10.4. The number of halogens is 1. The Hall–Kier alpha value is -2.47. The van der Waals surface area contributed by atoms with Crippen LogP contribution < -0.4 is 5.43 Å². The number of hydrogen-bond donors (Lipinski definition) is 3. The fraction of sp³-hybridized carbons (Fsp3) is 0.200. The second kappa shape index (κ2) is 6.11. The van der Waals surface area contributed by atoms with Gasteiger partial charge < -0.3 is 20.1 Å². The van der Waals surface area contributed by atoms with Crippen LogP contribution in [0.4, 0.5) is 0 Å².